The molecule has 2 rings (SSSR count). The molecule has 116 valence electrons. The molecule has 0 radical (unpaired) electrons. The Balaban J connectivity index is 2.37. The zero-order valence-corrected chi connectivity index (χ0v) is 12.9. The smallest absolute Gasteiger partial charge is 0.277 e. The van der Waals surface area contributed by atoms with Crippen LogP contribution >= 0.6 is 10.7 Å². The minimum Gasteiger partial charge on any atom is -0.277 e. The highest BCUT2D eigenvalue weighted by Gasteiger charge is 2.29. The van der Waals surface area contributed by atoms with Crippen molar-refractivity contribution < 1.29 is 21.8 Å². The highest BCUT2D eigenvalue weighted by atomic mass is 35.7. The third-order valence-electron chi connectivity index (χ3n) is 2.86. The number of anilines is 1. The van der Waals surface area contributed by atoms with Crippen LogP contribution in [0.4, 0.5) is 11.4 Å². The number of nitro benzene ring substituents is 1. The SMILES string of the molecule is O=[N+]([O-])c1cc(S(=O)(=O)Cl)ccc1NS(=O)(=O)CC1CC1. The number of nitro groups is 1. The van der Waals surface area contributed by atoms with Crippen LogP contribution in [0.5, 0.6) is 0 Å². The van der Waals surface area contributed by atoms with Crippen molar-refractivity contribution >= 4 is 41.1 Å². The van der Waals surface area contributed by atoms with Gasteiger partial charge in [-0.05, 0) is 30.9 Å². The third kappa shape index (κ3) is 4.29. The van der Waals surface area contributed by atoms with E-state index in [1.165, 1.54) is 0 Å². The second kappa shape index (κ2) is 5.43. The maximum absolute atomic E-state index is 11.8. The molecule has 1 aromatic rings. The van der Waals surface area contributed by atoms with E-state index in [4.69, 9.17) is 10.7 Å². The minimum atomic E-state index is -4.14. The standard InChI is InChI=1S/C10H11ClN2O6S2/c11-21(18,19)8-3-4-9(10(5-8)13(14)15)12-20(16,17)6-7-1-2-7/h3-5,7,12H,1-2,6H2. The Morgan fingerprint density at radius 1 is 1.29 bits per heavy atom. The monoisotopic (exact) mass is 354 g/mol. The molecule has 1 saturated carbocycles. The first-order chi connectivity index (χ1) is 9.58. The molecule has 0 atom stereocenters. The zero-order valence-electron chi connectivity index (χ0n) is 10.5. The van der Waals surface area contributed by atoms with E-state index in [-0.39, 0.29) is 17.4 Å². The molecule has 1 aliphatic carbocycles. The number of benzene rings is 1. The average molecular weight is 355 g/mol. The van der Waals surface area contributed by atoms with Crippen molar-refractivity contribution in [2.24, 2.45) is 5.92 Å². The minimum absolute atomic E-state index is 0.0732. The molecule has 8 nitrogen and oxygen atoms in total. The average Bonchev–Trinajstić information content (AvgIpc) is 3.10. The van der Waals surface area contributed by atoms with Crippen LogP contribution < -0.4 is 4.72 Å². The van der Waals surface area contributed by atoms with Crippen molar-refractivity contribution in [1.82, 2.24) is 0 Å². The first-order valence-electron chi connectivity index (χ1n) is 5.82. The number of halogens is 1. The summed E-state index contributed by atoms with van der Waals surface area (Å²) in [6, 6.07) is 2.74. The van der Waals surface area contributed by atoms with E-state index in [2.05, 4.69) is 4.72 Å². The van der Waals surface area contributed by atoms with Gasteiger partial charge in [0.2, 0.25) is 10.0 Å². The lowest BCUT2D eigenvalue weighted by atomic mass is 10.3. The quantitative estimate of drug-likeness (QED) is 0.471. The number of hydrogen-bond acceptors (Lipinski definition) is 6. The van der Waals surface area contributed by atoms with E-state index in [0.717, 1.165) is 31.0 Å². The largest absolute Gasteiger partial charge is 0.294 e. The summed E-state index contributed by atoms with van der Waals surface area (Å²) in [7, 11) is -2.74. The van der Waals surface area contributed by atoms with Crippen LogP contribution in [-0.4, -0.2) is 27.5 Å². The second-order valence-electron chi connectivity index (χ2n) is 4.70. The first-order valence-corrected chi connectivity index (χ1v) is 9.78. The van der Waals surface area contributed by atoms with E-state index in [1.54, 1.807) is 0 Å². The second-order valence-corrected chi connectivity index (χ2v) is 9.03. The summed E-state index contributed by atoms with van der Waals surface area (Å²) >= 11 is 0. The van der Waals surface area contributed by atoms with E-state index >= 15 is 0 Å². The summed E-state index contributed by atoms with van der Waals surface area (Å²) in [4.78, 5) is 9.61. The van der Waals surface area contributed by atoms with Crippen molar-refractivity contribution in [3.05, 3.63) is 28.3 Å². The topological polar surface area (TPSA) is 123 Å². The lowest BCUT2D eigenvalue weighted by Gasteiger charge is -2.08. The molecule has 21 heavy (non-hydrogen) atoms. The first kappa shape index (κ1) is 16.0. The van der Waals surface area contributed by atoms with Gasteiger partial charge in [-0.15, -0.1) is 0 Å². The highest BCUT2D eigenvalue weighted by molar-refractivity contribution is 8.13. The summed E-state index contributed by atoms with van der Waals surface area (Å²) in [6.45, 7) is 0. The highest BCUT2D eigenvalue weighted by Crippen LogP contribution is 2.33. The number of nitrogens with zero attached hydrogens (tertiary/aromatic N) is 1. The van der Waals surface area contributed by atoms with Gasteiger partial charge in [-0.2, -0.15) is 0 Å². The molecular weight excluding hydrogens is 344 g/mol. The molecule has 0 saturated heterocycles. The van der Waals surface area contributed by atoms with Crippen LogP contribution in [0, 0.1) is 16.0 Å². The molecule has 0 aliphatic heterocycles. The molecule has 0 unspecified atom stereocenters. The summed E-state index contributed by atoms with van der Waals surface area (Å²) < 4.78 is 48.1. The molecule has 0 heterocycles. The predicted octanol–water partition coefficient (Wildman–Crippen LogP) is 1.67. The summed E-state index contributed by atoms with van der Waals surface area (Å²) in [6.07, 6.45) is 1.62. The Morgan fingerprint density at radius 3 is 2.38 bits per heavy atom. The molecule has 1 aromatic carbocycles. The van der Waals surface area contributed by atoms with Crippen LogP contribution in [0.25, 0.3) is 0 Å². The van der Waals surface area contributed by atoms with Crippen LogP contribution in [0.2, 0.25) is 0 Å². The Morgan fingerprint density at radius 2 is 1.90 bits per heavy atom. The van der Waals surface area contributed by atoms with E-state index in [1.807, 2.05) is 0 Å². The lowest BCUT2D eigenvalue weighted by molar-refractivity contribution is -0.384. The van der Waals surface area contributed by atoms with Gasteiger partial charge in [-0.1, -0.05) is 0 Å². The van der Waals surface area contributed by atoms with Gasteiger partial charge in [-0.25, -0.2) is 16.8 Å². The van der Waals surface area contributed by atoms with Gasteiger partial charge in [0.25, 0.3) is 14.7 Å². The van der Waals surface area contributed by atoms with Gasteiger partial charge >= 0.3 is 0 Å². The van der Waals surface area contributed by atoms with Crippen LogP contribution in [0.1, 0.15) is 12.8 Å². The number of rotatable bonds is 6. The van der Waals surface area contributed by atoms with Gasteiger partial charge in [-0.3, -0.25) is 14.8 Å². The Bertz CT molecular complexity index is 786. The molecule has 0 aromatic heterocycles. The summed E-state index contributed by atoms with van der Waals surface area (Å²) in [5.74, 6) is -0.0382. The molecule has 1 aliphatic rings. The zero-order chi connectivity index (χ0) is 15.8. The van der Waals surface area contributed by atoms with Gasteiger partial charge < -0.3 is 0 Å². The fourth-order valence-electron chi connectivity index (χ4n) is 1.70. The number of sulfonamides is 1. The van der Waals surface area contributed by atoms with Crippen molar-refractivity contribution in [2.45, 2.75) is 17.7 Å². The molecular formula is C10H11ClN2O6S2. The van der Waals surface area contributed by atoms with Crippen molar-refractivity contribution in [1.29, 1.82) is 0 Å². The fourth-order valence-corrected chi connectivity index (χ4v) is 4.02. The third-order valence-corrected chi connectivity index (χ3v) is 5.66. The Kier molecular flexibility index (Phi) is 4.13. The molecule has 1 fully saturated rings. The van der Waals surface area contributed by atoms with Gasteiger partial charge in [0.05, 0.1) is 15.6 Å². The molecule has 0 amide bonds. The normalized spacial score (nSPS) is 15.7. The van der Waals surface area contributed by atoms with Crippen molar-refractivity contribution in [2.75, 3.05) is 10.5 Å². The summed E-state index contributed by atoms with van der Waals surface area (Å²) in [5, 5.41) is 11.0. The van der Waals surface area contributed by atoms with Gasteiger partial charge in [0.1, 0.15) is 5.69 Å². The number of hydrogen-bond donors (Lipinski definition) is 1. The molecule has 0 bridgehead atoms. The van der Waals surface area contributed by atoms with Crippen molar-refractivity contribution in [3.63, 3.8) is 0 Å². The maximum Gasteiger partial charge on any atom is 0.294 e. The van der Waals surface area contributed by atoms with Crippen LogP contribution in [0.3, 0.4) is 0 Å². The van der Waals surface area contributed by atoms with Crippen LogP contribution in [0.15, 0.2) is 23.1 Å². The predicted molar refractivity (Wildman–Crippen MR) is 76.3 cm³/mol. The maximum atomic E-state index is 11.8. The number of nitrogens with one attached hydrogen (secondary N) is 1. The Labute approximate surface area is 125 Å². The van der Waals surface area contributed by atoms with E-state index < -0.39 is 34.6 Å². The molecule has 11 heteroatoms. The van der Waals surface area contributed by atoms with E-state index in [0.29, 0.717) is 0 Å². The van der Waals surface area contributed by atoms with E-state index in [9.17, 15) is 26.9 Å². The van der Waals surface area contributed by atoms with Crippen molar-refractivity contribution in [3.8, 4) is 0 Å². The molecule has 1 N–H and O–H groups in total. The summed E-state index contributed by atoms with van der Waals surface area (Å²) in [5.41, 5.74) is -0.958. The molecule has 0 spiro atoms. The fraction of sp³-hybridized carbons (Fsp3) is 0.400. The van der Waals surface area contributed by atoms with Gasteiger partial charge in [0, 0.05) is 16.7 Å². The lowest BCUT2D eigenvalue weighted by Crippen LogP contribution is -2.18. The van der Waals surface area contributed by atoms with Crippen LogP contribution in [-0.2, 0) is 19.1 Å². The van der Waals surface area contributed by atoms with Gasteiger partial charge in [0.15, 0.2) is 0 Å². The Hall–Kier alpha value is -1.39.